The second kappa shape index (κ2) is 6.67. The van der Waals surface area contributed by atoms with Crippen molar-refractivity contribution in [3.05, 3.63) is 46.7 Å². The number of hydrogen-bond donors (Lipinski definition) is 1. The van der Waals surface area contributed by atoms with Crippen LogP contribution in [0.5, 0.6) is 0 Å². The highest BCUT2D eigenvalue weighted by Gasteiger charge is 2.35. The van der Waals surface area contributed by atoms with Crippen LogP contribution in [-0.4, -0.2) is 30.3 Å². The van der Waals surface area contributed by atoms with Crippen LogP contribution in [-0.2, 0) is 12.7 Å². The zero-order valence-electron chi connectivity index (χ0n) is 15.3. The molecule has 0 saturated carbocycles. The van der Waals surface area contributed by atoms with E-state index in [1.54, 1.807) is 17.8 Å². The minimum absolute atomic E-state index is 0.0323. The van der Waals surface area contributed by atoms with Gasteiger partial charge in [0.05, 0.1) is 12.2 Å². The van der Waals surface area contributed by atoms with Crippen LogP contribution in [0.2, 0.25) is 0 Å². The number of aryl methyl sites for hydroxylation is 2. The van der Waals surface area contributed by atoms with Crippen LogP contribution in [0.1, 0.15) is 53.0 Å². The summed E-state index contributed by atoms with van der Waals surface area (Å²) in [6, 6.07) is 1.76. The Labute approximate surface area is 153 Å². The molecule has 0 aliphatic carbocycles. The van der Waals surface area contributed by atoms with Crippen molar-refractivity contribution in [3.63, 3.8) is 0 Å². The number of fused-ring (bicyclic) bond motifs is 1. The van der Waals surface area contributed by atoms with Gasteiger partial charge in [-0.1, -0.05) is 0 Å². The normalized spacial score (nSPS) is 13.1. The van der Waals surface area contributed by atoms with E-state index in [1.165, 1.54) is 13.0 Å². The number of aromatic nitrogens is 5. The Morgan fingerprint density at radius 1 is 1.30 bits per heavy atom. The molecular formula is C17H19F3N6O. The summed E-state index contributed by atoms with van der Waals surface area (Å²) in [6.07, 6.45) is -2.94. The molecule has 1 N–H and O–H groups in total. The summed E-state index contributed by atoms with van der Waals surface area (Å²) >= 11 is 0. The molecule has 0 aliphatic rings. The molecule has 3 heterocycles. The molecule has 0 bridgehead atoms. The van der Waals surface area contributed by atoms with E-state index in [0.29, 0.717) is 11.1 Å². The highest BCUT2D eigenvalue weighted by atomic mass is 19.4. The number of amides is 1. The summed E-state index contributed by atoms with van der Waals surface area (Å²) in [7, 11) is 0. The lowest BCUT2D eigenvalue weighted by atomic mass is 10.1. The summed E-state index contributed by atoms with van der Waals surface area (Å²) in [5.74, 6) is -0.581. The summed E-state index contributed by atoms with van der Waals surface area (Å²) in [6.45, 7) is 7.78. The number of nitrogens with zero attached hydrogens (tertiary/aromatic N) is 5. The second-order valence-electron chi connectivity index (χ2n) is 6.28. The molecule has 1 atom stereocenters. The summed E-state index contributed by atoms with van der Waals surface area (Å²) in [4.78, 5) is 16.5. The molecule has 0 saturated heterocycles. The molecule has 0 fully saturated rings. The van der Waals surface area contributed by atoms with Gasteiger partial charge in [-0.05, 0) is 33.8 Å². The molecule has 1 unspecified atom stereocenters. The van der Waals surface area contributed by atoms with Crippen molar-refractivity contribution in [2.24, 2.45) is 0 Å². The quantitative estimate of drug-likeness (QED) is 0.755. The van der Waals surface area contributed by atoms with Gasteiger partial charge < -0.3 is 5.32 Å². The van der Waals surface area contributed by atoms with Crippen LogP contribution in [0.15, 0.2) is 18.3 Å². The lowest BCUT2D eigenvalue weighted by molar-refractivity contribution is -0.142. The first kappa shape index (κ1) is 18.9. The van der Waals surface area contributed by atoms with Crippen LogP contribution >= 0.6 is 0 Å². The molecule has 0 aliphatic heterocycles. The number of hydrogen-bond acceptors (Lipinski definition) is 4. The first-order valence-corrected chi connectivity index (χ1v) is 8.39. The lowest BCUT2D eigenvalue weighted by Crippen LogP contribution is -2.27. The van der Waals surface area contributed by atoms with Crippen molar-refractivity contribution in [1.29, 1.82) is 0 Å². The Morgan fingerprint density at radius 2 is 2.00 bits per heavy atom. The molecular weight excluding hydrogens is 361 g/mol. The fourth-order valence-corrected chi connectivity index (χ4v) is 2.97. The van der Waals surface area contributed by atoms with Crippen LogP contribution in [0, 0.1) is 13.8 Å². The molecule has 0 aromatic carbocycles. The topological polar surface area (TPSA) is 77.1 Å². The van der Waals surface area contributed by atoms with Crippen molar-refractivity contribution in [3.8, 4) is 0 Å². The fraction of sp³-hybridized carbons (Fsp3) is 0.412. The van der Waals surface area contributed by atoms with E-state index in [9.17, 15) is 18.0 Å². The van der Waals surface area contributed by atoms with Crippen LogP contribution in [0.25, 0.3) is 5.65 Å². The molecule has 10 heteroatoms. The van der Waals surface area contributed by atoms with Crippen LogP contribution in [0.4, 0.5) is 13.2 Å². The number of carbonyl (C=O) groups excluding carboxylic acids is 1. The van der Waals surface area contributed by atoms with E-state index in [4.69, 9.17) is 0 Å². The Balaban J connectivity index is 1.91. The first-order chi connectivity index (χ1) is 12.6. The van der Waals surface area contributed by atoms with E-state index in [2.05, 4.69) is 20.5 Å². The number of nitrogens with one attached hydrogen (secondary N) is 1. The largest absolute Gasteiger partial charge is 0.433 e. The second-order valence-corrected chi connectivity index (χ2v) is 6.28. The van der Waals surface area contributed by atoms with Gasteiger partial charge in [0.25, 0.3) is 5.91 Å². The van der Waals surface area contributed by atoms with Crippen molar-refractivity contribution in [1.82, 2.24) is 29.7 Å². The summed E-state index contributed by atoms with van der Waals surface area (Å²) in [5, 5.41) is 10.8. The predicted octanol–water partition coefficient (Wildman–Crippen LogP) is 3.07. The fourth-order valence-electron chi connectivity index (χ4n) is 2.97. The third kappa shape index (κ3) is 3.51. The monoisotopic (exact) mass is 380 g/mol. The highest BCUT2D eigenvalue weighted by molar-refractivity contribution is 5.93. The molecule has 3 aromatic heterocycles. The van der Waals surface area contributed by atoms with Gasteiger partial charge in [0.1, 0.15) is 5.69 Å². The Bertz CT molecular complexity index is 1000. The highest BCUT2D eigenvalue weighted by Crippen LogP contribution is 2.30. The van der Waals surface area contributed by atoms with Gasteiger partial charge in [-0.3, -0.25) is 9.48 Å². The number of carbonyl (C=O) groups is 1. The minimum atomic E-state index is -4.61. The van der Waals surface area contributed by atoms with Crippen LogP contribution in [0.3, 0.4) is 0 Å². The predicted molar refractivity (Wildman–Crippen MR) is 91.2 cm³/mol. The van der Waals surface area contributed by atoms with Gasteiger partial charge in [0.15, 0.2) is 11.3 Å². The molecule has 0 spiro atoms. The van der Waals surface area contributed by atoms with Gasteiger partial charge in [-0.25, -0.2) is 9.50 Å². The molecule has 27 heavy (non-hydrogen) atoms. The molecule has 3 rings (SSSR count). The zero-order chi connectivity index (χ0) is 19.9. The van der Waals surface area contributed by atoms with Gasteiger partial charge in [-0.15, -0.1) is 0 Å². The Kier molecular flexibility index (Phi) is 4.66. The summed E-state index contributed by atoms with van der Waals surface area (Å²) in [5.41, 5.74) is 0.798. The van der Waals surface area contributed by atoms with Crippen molar-refractivity contribution >= 4 is 11.6 Å². The summed E-state index contributed by atoms with van der Waals surface area (Å²) < 4.78 is 42.1. The average Bonchev–Trinajstić information content (AvgIpc) is 3.16. The van der Waals surface area contributed by atoms with E-state index in [-0.39, 0.29) is 23.1 Å². The van der Waals surface area contributed by atoms with Crippen molar-refractivity contribution in [2.75, 3.05) is 0 Å². The van der Waals surface area contributed by atoms with Crippen LogP contribution < -0.4 is 5.32 Å². The number of rotatable bonds is 4. The van der Waals surface area contributed by atoms with Crippen molar-refractivity contribution < 1.29 is 18.0 Å². The van der Waals surface area contributed by atoms with Crippen molar-refractivity contribution in [2.45, 2.75) is 46.5 Å². The minimum Gasteiger partial charge on any atom is -0.344 e. The average molecular weight is 380 g/mol. The molecule has 0 radical (unpaired) electrons. The first-order valence-electron chi connectivity index (χ1n) is 8.39. The van der Waals surface area contributed by atoms with E-state index in [1.807, 2.05) is 13.8 Å². The van der Waals surface area contributed by atoms with E-state index >= 15 is 0 Å². The Morgan fingerprint density at radius 3 is 2.59 bits per heavy atom. The van der Waals surface area contributed by atoms with Gasteiger partial charge in [0.2, 0.25) is 0 Å². The SMILES string of the molecule is CCn1ncc(C(C)NC(=O)c2cc3nc(C)cc(C(F)(F)F)n3n2)c1C. The Hall–Kier alpha value is -2.91. The number of alkyl halides is 3. The maximum Gasteiger partial charge on any atom is 0.433 e. The molecule has 7 nitrogen and oxygen atoms in total. The van der Waals surface area contributed by atoms with Gasteiger partial charge in [0, 0.05) is 29.6 Å². The number of halogens is 3. The standard InChI is InChI=1S/C17H19F3N6O/c1-5-25-11(4)12(8-21-25)10(3)23-16(27)13-7-15-22-9(2)6-14(17(18,19)20)26(15)24-13/h6-8,10H,5H2,1-4H3,(H,23,27). The maximum atomic E-state index is 13.2. The van der Waals surface area contributed by atoms with Gasteiger partial charge in [-0.2, -0.15) is 23.4 Å². The lowest BCUT2D eigenvalue weighted by Gasteiger charge is -2.13. The maximum absolute atomic E-state index is 13.2. The molecule has 1 amide bonds. The smallest absolute Gasteiger partial charge is 0.344 e. The van der Waals surface area contributed by atoms with E-state index in [0.717, 1.165) is 17.3 Å². The van der Waals surface area contributed by atoms with Gasteiger partial charge >= 0.3 is 6.18 Å². The molecule has 3 aromatic rings. The zero-order valence-corrected chi connectivity index (χ0v) is 15.3. The van der Waals surface area contributed by atoms with E-state index < -0.39 is 17.8 Å². The molecule has 144 valence electrons. The third-order valence-electron chi connectivity index (χ3n) is 4.33. The third-order valence-corrected chi connectivity index (χ3v) is 4.33.